The van der Waals surface area contributed by atoms with E-state index in [4.69, 9.17) is 12.2 Å². The molecule has 0 atom stereocenters. The van der Waals surface area contributed by atoms with Crippen LogP contribution in [0.5, 0.6) is 0 Å². The van der Waals surface area contributed by atoms with Crippen LogP contribution in [0, 0.1) is 4.77 Å². The average Bonchev–Trinajstić information content (AvgIpc) is 2.70. The summed E-state index contributed by atoms with van der Waals surface area (Å²) in [5, 5.41) is 7.69. The fraction of sp³-hybridized carbons (Fsp3) is 0.167. The molecule has 2 rings (SSSR count). The van der Waals surface area contributed by atoms with Crippen LogP contribution in [-0.4, -0.2) is 19.7 Å². The van der Waals surface area contributed by atoms with Crippen molar-refractivity contribution in [3.05, 3.63) is 31.8 Å². The third-order valence-corrected chi connectivity index (χ3v) is 2.63. The Kier molecular flexibility index (Phi) is 2.11. The molecule has 0 aliphatic rings. The Balaban J connectivity index is 2.38. The van der Waals surface area contributed by atoms with Crippen molar-refractivity contribution in [1.82, 2.24) is 19.7 Å². The molecular formula is C6H6N4OS2. The van der Waals surface area contributed by atoms with Gasteiger partial charge in [-0.2, -0.15) is 0 Å². The maximum Gasteiger partial charge on any atom is 0.342 e. The zero-order valence-electron chi connectivity index (χ0n) is 6.48. The maximum absolute atomic E-state index is 11.2. The van der Waals surface area contributed by atoms with Crippen LogP contribution in [-0.2, 0) is 6.54 Å². The van der Waals surface area contributed by atoms with Gasteiger partial charge in [-0.15, -0.1) is 11.3 Å². The Morgan fingerprint density at radius 1 is 1.62 bits per heavy atom. The lowest BCUT2D eigenvalue weighted by atomic mass is 10.6. The molecule has 0 radical (unpaired) electrons. The summed E-state index contributed by atoms with van der Waals surface area (Å²) in [5.41, 5.74) is -0.236. The second kappa shape index (κ2) is 3.27. The van der Waals surface area contributed by atoms with E-state index >= 15 is 0 Å². The van der Waals surface area contributed by atoms with Gasteiger partial charge in [-0.25, -0.2) is 14.9 Å². The third-order valence-electron chi connectivity index (χ3n) is 1.54. The van der Waals surface area contributed by atoms with Gasteiger partial charge in [0.15, 0.2) is 4.77 Å². The lowest BCUT2D eigenvalue weighted by Gasteiger charge is -1.93. The van der Waals surface area contributed by atoms with E-state index in [9.17, 15) is 4.79 Å². The van der Waals surface area contributed by atoms with Crippen molar-refractivity contribution >= 4 is 23.6 Å². The topological polar surface area (TPSA) is 66.5 Å². The highest BCUT2D eigenvalue weighted by atomic mass is 32.1. The van der Waals surface area contributed by atoms with E-state index in [1.165, 1.54) is 15.9 Å². The molecule has 0 bridgehead atoms. The molecule has 2 heterocycles. The Morgan fingerprint density at radius 2 is 2.46 bits per heavy atom. The minimum Gasteiger partial charge on any atom is -0.272 e. The standard InChI is InChI=1S/C6H6N4OS2/c11-5-8-9-6(12)10(5)3-4-7-1-2-13-4/h1-2H,3H2,(H,8,11)(H,9,12). The summed E-state index contributed by atoms with van der Waals surface area (Å²) >= 11 is 6.39. The number of aromatic nitrogens is 4. The fourth-order valence-corrected chi connectivity index (χ4v) is 1.75. The summed E-state index contributed by atoms with van der Waals surface area (Å²) in [4.78, 5) is 15.2. The molecule has 68 valence electrons. The number of thiazole rings is 1. The van der Waals surface area contributed by atoms with E-state index in [0.29, 0.717) is 11.3 Å². The zero-order valence-corrected chi connectivity index (χ0v) is 8.11. The first-order chi connectivity index (χ1) is 6.27. The van der Waals surface area contributed by atoms with Crippen LogP contribution in [0.4, 0.5) is 0 Å². The molecule has 0 saturated heterocycles. The molecule has 0 saturated carbocycles. The molecule has 5 nitrogen and oxygen atoms in total. The van der Waals surface area contributed by atoms with E-state index < -0.39 is 0 Å². The normalized spacial score (nSPS) is 10.5. The number of rotatable bonds is 2. The summed E-state index contributed by atoms with van der Waals surface area (Å²) in [5.74, 6) is 0. The van der Waals surface area contributed by atoms with Gasteiger partial charge in [-0.1, -0.05) is 0 Å². The van der Waals surface area contributed by atoms with Crippen LogP contribution in [0.3, 0.4) is 0 Å². The van der Waals surface area contributed by atoms with E-state index in [1.807, 2.05) is 5.38 Å². The first kappa shape index (κ1) is 8.39. The Hall–Kier alpha value is -1.21. The molecule has 7 heteroatoms. The molecule has 0 aliphatic carbocycles. The predicted octanol–water partition coefficient (Wildman–Crippen LogP) is 0.739. The van der Waals surface area contributed by atoms with Crippen molar-refractivity contribution < 1.29 is 0 Å². The highest BCUT2D eigenvalue weighted by Crippen LogP contribution is 2.04. The summed E-state index contributed by atoms with van der Waals surface area (Å²) in [6.45, 7) is 0.426. The van der Waals surface area contributed by atoms with Crippen LogP contribution in [0.15, 0.2) is 16.4 Å². The van der Waals surface area contributed by atoms with Crippen molar-refractivity contribution in [2.45, 2.75) is 6.54 Å². The van der Waals surface area contributed by atoms with Crippen LogP contribution < -0.4 is 5.69 Å². The Labute approximate surface area is 82.1 Å². The van der Waals surface area contributed by atoms with E-state index in [2.05, 4.69) is 15.2 Å². The lowest BCUT2D eigenvalue weighted by molar-refractivity contribution is 0.746. The van der Waals surface area contributed by atoms with Gasteiger partial charge >= 0.3 is 5.69 Å². The van der Waals surface area contributed by atoms with Gasteiger partial charge in [0.05, 0.1) is 6.54 Å². The van der Waals surface area contributed by atoms with Gasteiger partial charge < -0.3 is 0 Å². The van der Waals surface area contributed by atoms with Gasteiger partial charge in [0.25, 0.3) is 0 Å². The molecule has 0 spiro atoms. The molecule has 0 unspecified atom stereocenters. The summed E-state index contributed by atoms with van der Waals surface area (Å²) in [6.07, 6.45) is 1.70. The molecule has 2 aromatic heterocycles. The second-order valence-corrected chi connectivity index (χ2v) is 3.74. The summed E-state index contributed by atoms with van der Waals surface area (Å²) < 4.78 is 1.81. The molecule has 0 amide bonds. The predicted molar refractivity (Wildman–Crippen MR) is 51.5 cm³/mol. The highest BCUT2D eigenvalue weighted by Gasteiger charge is 2.02. The molecule has 2 N–H and O–H groups in total. The van der Waals surface area contributed by atoms with Crippen LogP contribution in [0.1, 0.15) is 5.01 Å². The Morgan fingerprint density at radius 3 is 3.00 bits per heavy atom. The number of nitrogens with one attached hydrogen (secondary N) is 2. The quantitative estimate of drug-likeness (QED) is 0.724. The van der Waals surface area contributed by atoms with Crippen molar-refractivity contribution in [3.63, 3.8) is 0 Å². The summed E-state index contributed by atoms with van der Waals surface area (Å²) in [7, 11) is 0. The molecular weight excluding hydrogens is 208 g/mol. The zero-order chi connectivity index (χ0) is 9.26. The molecule has 13 heavy (non-hydrogen) atoms. The number of hydrogen-bond acceptors (Lipinski definition) is 4. The van der Waals surface area contributed by atoms with Crippen molar-refractivity contribution in [2.24, 2.45) is 0 Å². The van der Waals surface area contributed by atoms with Crippen molar-refractivity contribution in [3.8, 4) is 0 Å². The smallest absolute Gasteiger partial charge is 0.272 e. The molecule has 0 aromatic carbocycles. The van der Waals surface area contributed by atoms with Crippen LogP contribution >= 0.6 is 23.6 Å². The molecule has 0 aliphatic heterocycles. The fourth-order valence-electron chi connectivity index (χ4n) is 0.944. The Bertz CT molecular complexity index is 464. The second-order valence-electron chi connectivity index (χ2n) is 2.37. The number of aromatic amines is 2. The van der Waals surface area contributed by atoms with E-state index in [0.717, 1.165) is 5.01 Å². The minimum atomic E-state index is -0.236. The SMILES string of the molecule is O=c1[nH][nH]c(=S)n1Cc1nccs1. The monoisotopic (exact) mass is 214 g/mol. The van der Waals surface area contributed by atoms with Gasteiger partial charge in [0.1, 0.15) is 5.01 Å². The van der Waals surface area contributed by atoms with Crippen molar-refractivity contribution in [2.75, 3.05) is 0 Å². The number of hydrogen-bond donors (Lipinski definition) is 2. The lowest BCUT2D eigenvalue weighted by Crippen LogP contribution is -2.17. The van der Waals surface area contributed by atoms with E-state index in [-0.39, 0.29) is 5.69 Å². The molecule has 0 fully saturated rings. The van der Waals surface area contributed by atoms with Crippen LogP contribution in [0.2, 0.25) is 0 Å². The first-order valence-electron chi connectivity index (χ1n) is 3.53. The largest absolute Gasteiger partial charge is 0.342 e. The van der Waals surface area contributed by atoms with Crippen molar-refractivity contribution in [1.29, 1.82) is 0 Å². The van der Waals surface area contributed by atoms with Crippen LogP contribution in [0.25, 0.3) is 0 Å². The summed E-state index contributed by atoms with van der Waals surface area (Å²) in [6, 6.07) is 0. The average molecular weight is 214 g/mol. The molecule has 2 aromatic rings. The first-order valence-corrected chi connectivity index (χ1v) is 4.82. The minimum absolute atomic E-state index is 0.236. The van der Waals surface area contributed by atoms with Gasteiger partial charge in [0, 0.05) is 11.6 Å². The highest BCUT2D eigenvalue weighted by molar-refractivity contribution is 7.71. The van der Waals surface area contributed by atoms with Gasteiger partial charge in [-0.05, 0) is 12.2 Å². The third kappa shape index (κ3) is 1.61. The van der Waals surface area contributed by atoms with Gasteiger partial charge in [-0.3, -0.25) is 9.67 Å². The number of H-pyrrole nitrogens is 2. The van der Waals surface area contributed by atoms with E-state index in [1.54, 1.807) is 6.20 Å². The maximum atomic E-state index is 11.2. The number of nitrogens with zero attached hydrogens (tertiary/aromatic N) is 2. The van der Waals surface area contributed by atoms with Gasteiger partial charge in [0.2, 0.25) is 0 Å².